The number of furan rings is 1. The molecular formula is C15H17ClO2. The van der Waals surface area contributed by atoms with E-state index in [9.17, 15) is 5.11 Å². The van der Waals surface area contributed by atoms with Crippen LogP contribution in [0.3, 0.4) is 0 Å². The van der Waals surface area contributed by atoms with Crippen molar-refractivity contribution in [3.63, 3.8) is 0 Å². The highest BCUT2D eigenvalue weighted by Crippen LogP contribution is 2.31. The van der Waals surface area contributed by atoms with Crippen molar-refractivity contribution in [3.8, 4) is 0 Å². The molecule has 0 bridgehead atoms. The van der Waals surface area contributed by atoms with Crippen LogP contribution in [0.5, 0.6) is 0 Å². The second-order valence-corrected chi connectivity index (χ2v) is 5.14. The fraction of sp³-hybridized carbons (Fsp3) is 0.333. The molecule has 0 aliphatic rings. The Morgan fingerprint density at radius 2 is 1.67 bits per heavy atom. The van der Waals surface area contributed by atoms with Gasteiger partial charge < -0.3 is 9.52 Å². The van der Waals surface area contributed by atoms with Crippen LogP contribution in [0, 0.1) is 27.7 Å². The lowest BCUT2D eigenvalue weighted by atomic mass is 9.96. The van der Waals surface area contributed by atoms with Gasteiger partial charge in [-0.25, -0.2) is 0 Å². The molecule has 96 valence electrons. The van der Waals surface area contributed by atoms with Crippen molar-refractivity contribution in [1.82, 2.24) is 0 Å². The van der Waals surface area contributed by atoms with Gasteiger partial charge in [0.25, 0.3) is 0 Å². The molecule has 2 rings (SSSR count). The number of rotatable bonds is 2. The molecule has 1 atom stereocenters. The number of aryl methyl sites for hydroxylation is 4. The summed E-state index contributed by atoms with van der Waals surface area (Å²) in [6.45, 7) is 7.63. The van der Waals surface area contributed by atoms with E-state index in [1.165, 1.54) is 0 Å². The third-order valence-electron chi connectivity index (χ3n) is 3.22. The minimum Gasteiger partial charge on any atom is -0.466 e. The zero-order chi connectivity index (χ0) is 13.4. The highest BCUT2D eigenvalue weighted by molar-refractivity contribution is 6.31. The molecule has 1 aromatic carbocycles. The maximum Gasteiger partial charge on any atom is 0.108 e. The van der Waals surface area contributed by atoms with Gasteiger partial charge in [-0.05, 0) is 56.5 Å². The van der Waals surface area contributed by atoms with Gasteiger partial charge in [-0.15, -0.1) is 0 Å². The van der Waals surface area contributed by atoms with E-state index in [0.29, 0.717) is 0 Å². The molecule has 2 nitrogen and oxygen atoms in total. The largest absolute Gasteiger partial charge is 0.466 e. The number of hydrogen-bond donors (Lipinski definition) is 1. The van der Waals surface area contributed by atoms with Crippen LogP contribution in [0.25, 0.3) is 0 Å². The Morgan fingerprint density at radius 3 is 2.22 bits per heavy atom. The molecule has 0 fully saturated rings. The number of hydrogen-bond acceptors (Lipinski definition) is 2. The standard InChI is InChI=1S/C15H17ClO2/c1-8-6-14(16)9(2)5-12(8)15(17)13-7-10(3)18-11(13)4/h5-7,15,17H,1-4H3. The van der Waals surface area contributed by atoms with Crippen molar-refractivity contribution < 1.29 is 9.52 Å². The average molecular weight is 265 g/mol. The second kappa shape index (κ2) is 4.79. The smallest absolute Gasteiger partial charge is 0.108 e. The molecule has 0 aliphatic carbocycles. The van der Waals surface area contributed by atoms with Gasteiger partial charge in [0.2, 0.25) is 0 Å². The van der Waals surface area contributed by atoms with Crippen molar-refractivity contribution in [2.24, 2.45) is 0 Å². The highest BCUT2D eigenvalue weighted by Gasteiger charge is 2.19. The van der Waals surface area contributed by atoms with E-state index in [1.807, 2.05) is 45.9 Å². The van der Waals surface area contributed by atoms with Gasteiger partial charge in [0, 0.05) is 10.6 Å². The van der Waals surface area contributed by atoms with E-state index in [2.05, 4.69) is 0 Å². The van der Waals surface area contributed by atoms with Gasteiger partial charge in [-0.3, -0.25) is 0 Å². The van der Waals surface area contributed by atoms with Gasteiger partial charge >= 0.3 is 0 Å². The lowest BCUT2D eigenvalue weighted by Crippen LogP contribution is -2.03. The summed E-state index contributed by atoms with van der Waals surface area (Å²) < 4.78 is 5.46. The first-order chi connectivity index (χ1) is 8.40. The quantitative estimate of drug-likeness (QED) is 0.880. The first kappa shape index (κ1) is 13.2. The molecule has 0 spiro atoms. The monoisotopic (exact) mass is 264 g/mol. The van der Waals surface area contributed by atoms with E-state index in [4.69, 9.17) is 16.0 Å². The number of aliphatic hydroxyl groups is 1. The summed E-state index contributed by atoms with van der Waals surface area (Å²) in [6, 6.07) is 5.70. The Bertz CT molecular complexity index is 584. The average Bonchev–Trinajstić information content (AvgIpc) is 2.62. The van der Waals surface area contributed by atoms with Crippen molar-refractivity contribution in [2.75, 3.05) is 0 Å². The van der Waals surface area contributed by atoms with E-state index in [0.717, 1.165) is 38.8 Å². The second-order valence-electron chi connectivity index (χ2n) is 4.73. The van der Waals surface area contributed by atoms with Crippen molar-refractivity contribution in [1.29, 1.82) is 0 Å². The number of aliphatic hydroxyl groups excluding tert-OH is 1. The topological polar surface area (TPSA) is 33.4 Å². The number of halogens is 1. The molecule has 0 saturated carbocycles. The summed E-state index contributed by atoms with van der Waals surface area (Å²) in [6.07, 6.45) is -0.668. The predicted octanol–water partition coefficient (Wildman–Crippen LogP) is 4.25. The summed E-state index contributed by atoms with van der Waals surface area (Å²) >= 11 is 6.07. The first-order valence-electron chi connectivity index (χ1n) is 5.91. The molecule has 0 amide bonds. The molecule has 1 aromatic heterocycles. The minimum atomic E-state index is -0.668. The lowest BCUT2D eigenvalue weighted by Gasteiger charge is -2.15. The molecule has 0 radical (unpaired) electrons. The maximum atomic E-state index is 10.5. The highest BCUT2D eigenvalue weighted by atomic mass is 35.5. The third kappa shape index (κ3) is 2.31. The Labute approximate surface area is 112 Å². The van der Waals surface area contributed by atoms with E-state index in [1.54, 1.807) is 0 Å². The van der Waals surface area contributed by atoms with Crippen molar-refractivity contribution >= 4 is 11.6 Å². The molecular weight excluding hydrogens is 248 g/mol. The first-order valence-corrected chi connectivity index (χ1v) is 6.29. The lowest BCUT2D eigenvalue weighted by molar-refractivity contribution is 0.217. The van der Waals surface area contributed by atoms with Crippen LogP contribution in [-0.2, 0) is 0 Å². The van der Waals surface area contributed by atoms with Gasteiger partial charge in [-0.2, -0.15) is 0 Å². The fourth-order valence-corrected chi connectivity index (χ4v) is 2.41. The van der Waals surface area contributed by atoms with Crippen LogP contribution in [0.2, 0.25) is 5.02 Å². The number of benzene rings is 1. The van der Waals surface area contributed by atoms with Crippen LogP contribution in [0.4, 0.5) is 0 Å². The van der Waals surface area contributed by atoms with E-state index in [-0.39, 0.29) is 0 Å². The van der Waals surface area contributed by atoms with Crippen molar-refractivity contribution in [2.45, 2.75) is 33.8 Å². The molecule has 1 heterocycles. The Morgan fingerprint density at radius 1 is 1.00 bits per heavy atom. The zero-order valence-corrected chi connectivity index (χ0v) is 11.8. The molecule has 18 heavy (non-hydrogen) atoms. The molecule has 2 aromatic rings. The summed E-state index contributed by atoms with van der Waals surface area (Å²) in [5.74, 6) is 1.57. The van der Waals surface area contributed by atoms with Crippen LogP contribution in [0.1, 0.15) is 39.9 Å². The van der Waals surface area contributed by atoms with E-state index < -0.39 is 6.10 Å². The van der Waals surface area contributed by atoms with E-state index >= 15 is 0 Å². The van der Waals surface area contributed by atoms with Gasteiger partial charge in [-0.1, -0.05) is 17.7 Å². The van der Waals surface area contributed by atoms with Crippen LogP contribution >= 0.6 is 11.6 Å². The minimum absolute atomic E-state index is 0.668. The normalized spacial score (nSPS) is 12.8. The van der Waals surface area contributed by atoms with Crippen LogP contribution in [-0.4, -0.2) is 5.11 Å². The summed E-state index contributed by atoms with van der Waals surface area (Å²) in [4.78, 5) is 0. The van der Waals surface area contributed by atoms with Crippen LogP contribution in [0.15, 0.2) is 22.6 Å². The SMILES string of the molecule is Cc1cc(C(O)c2cc(C)c(Cl)cc2C)c(C)o1. The van der Waals surface area contributed by atoms with Gasteiger partial charge in [0.1, 0.15) is 17.6 Å². The molecule has 1 unspecified atom stereocenters. The zero-order valence-electron chi connectivity index (χ0n) is 11.0. The summed E-state index contributed by atoms with van der Waals surface area (Å²) in [7, 11) is 0. The Kier molecular flexibility index (Phi) is 3.51. The Hall–Kier alpha value is -1.25. The van der Waals surface area contributed by atoms with Gasteiger partial charge in [0.05, 0.1) is 0 Å². The van der Waals surface area contributed by atoms with Gasteiger partial charge in [0.15, 0.2) is 0 Å². The molecule has 1 N–H and O–H groups in total. The molecule has 0 aliphatic heterocycles. The molecule has 3 heteroatoms. The fourth-order valence-electron chi connectivity index (χ4n) is 2.19. The predicted molar refractivity (Wildman–Crippen MR) is 73.2 cm³/mol. The Balaban J connectivity index is 2.49. The van der Waals surface area contributed by atoms with Crippen molar-refractivity contribution in [3.05, 3.63) is 57.0 Å². The molecule has 0 saturated heterocycles. The van der Waals surface area contributed by atoms with Crippen LogP contribution < -0.4 is 0 Å². The maximum absolute atomic E-state index is 10.5. The third-order valence-corrected chi connectivity index (χ3v) is 3.62. The summed E-state index contributed by atoms with van der Waals surface area (Å²) in [5, 5.41) is 11.2. The summed E-state index contributed by atoms with van der Waals surface area (Å²) in [5.41, 5.74) is 3.64.